The molecule has 0 spiro atoms. The number of hydrogen-bond acceptors (Lipinski definition) is 6. The second-order valence-corrected chi connectivity index (χ2v) is 8.48. The van der Waals surface area contributed by atoms with Crippen LogP contribution in [0.1, 0.15) is 27.9 Å². The number of ketones is 1. The van der Waals surface area contributed by atoms with Crippen molar-refractivity contribution in [3.05, 3.63) is 99.3 Å². The molecule has 0 saturated heterocycles. The third-order valence-electron chi connectivity index (χ3n) is 5.67. The number of hydrogen-bond donors (Lipinski definition) is 1. The lowest BCUT2D eigenvalue weighted by Gasteiger charge is -2.26. The number of carbonyl (C=O) groups excluding carboxylic acids is 2. The van der Waals surface area contributed by atoms with Gasteiger partial charge in [0, 0.05) is 5.39 Å². The van der Waals surface area contributed by atoms with Crippen LogP contribution in [0.3, 0.4) is 0 Å². The standard InChI is InChI=1S/C25H17Cl2NO6/c1-32-18-6-2-4-14-11-19(34-24(14)18)22(29)20-21(13-7-8-16(26)17(27)10-13)28(25(31)23(20)30)12-15-5-3-9-33-15/h2-11,21,30H,12H2,1H3. The fourth-order valence-corrected chi connectivity index (χ4v) is 4.40. The van der Waals surface area contributed by atoms with E-state index in [0.717, 1.165) is 0 Å². The van der Waals surface area contributed by atoms with Gasteiger partial charge in [0.25, 0.3) is 5.91 Å². The lowest BCUT2D eigenvalue weighted by Crippen LogP contribution is -2.30. The zero-order valence-electron chi connectivity index (χ0n) is 17.7. The first kappa shape index (κ1) is 22.1. The van der Waals surface area contributed by atoms with Crippen molar-refractivity contribution >= 4 is 45.9 Å². The number of aliphatic hydroxyl groups is 1. The number of halogens is 2. The molecule has 34 heavy (non-hydrogen) atoms. The number of rotatable bonds is 6. The Labute approximate surface area is 203 Å². The molecule has 0 saturated carbocycles. The third-order valence-corrected chi connectivity index (χ3v) is 6.40. The SMILES string of the molecule is COc1cccc2cc(C(=O)C3=C(O)C(=O)N(Cc4ccco4)C3c3ccc(Cl)c(Cl)c3)oc12. The number of fused-ring (bicyclic) bond motifs is 1. The van der Waals surface area contributed by atoms with E-state index in [1.807, 2.05) is 0 Å². The molecule has 2 aromatic heterocycles. The molecule has 172 valence electrons. The normalized spacial score (nSPS) is 16.0. The Balaban J connectivity index is 1.63. The summed E-state index contributed by atoms with van der Waals surface area (Å²) in [6.45, 7) is 0.0194. The second-order valence-electron chi connectivity index (χ2n) is 7.67. The maximum Gasteiger partial charge on any atom is 0.290 e. The van der Waals surface area contributed by atoms with Gasteiger partial charge in [0.1, 0.15) is 5.76 Å². The van der Waals surface area contributed by atoms with E-state index >= 15 is 0 Å². The Hall–Kier alpha value is -3.68. The van der Waals surface area contributed by atoms with Gasteiger partial charge in [-0.15, -0.1) is 0 Å². The number of ether oxygens (including phenoxy) is 1. The van der Waals surface area contributed by atoms with E-state index in [1.165, 1.54) is 18.3 Å². The lowest BCUT2D eigenvalue weighted by atomic mass is 9.95. The average molecular weight is 498 g/mol. The zero-order chi connectivity index (χ0) is 24.0. The van der Waals surface area contributed by atoms with Crippen molar-refractivity contribution in [2.75, 3.05) is 7.11 Å². The first-order chi connectivity index (χ1) is 16.4. The highest BCUT2D eigenvalue weighted by molar-refractivity contribution is 6.42. The van der Waals surface area contributed by atoms with Crippen LogP contribution >= 0.6 is 23.2 Å². The maximum atomic E-state index is 13.6. The minimum Gasteiger partial charge on any atom is -0.503 e. The van der Waals surface area contributed by atoms with E-state index in [0.29, 0.717) is 33.1 Å². The number of furan rings is 2. The van der Waals surface area contributed by atoms with Gasteiger partial charge in [-0.25, -0.2) is 0 Å². The van der Waals surface area contributed by atoms with Crippen LogP contribution in [0.5, 0.6) is 5.75 Å². The van der Waals surface area contributed by atoms with Crippen molar-refractivity contribution < 1.29 is 28.3 Å². The molecule has 0 bridgehead atoms. The van der Waals surface area contributed by atoms with Crippen molar-refractivity contribution in [1.29, 1.82) is 0 Å². The van der Waals surface area contributed by atoms with E-state index in [1.54, 1.807) is 54.6 Å². The van der Waals surface area contributed by atoms with E-state index in [-0.39, 0.29) is 22.9 Å². The van der Waals surface area contributed by atoms with Gasteiger partial charge in [-0.1, -0.05) is 41.4 Å². The topological polar surface area (TPSA) is 93.1 Å². The monoisotopic (exact) mass is 497 g/mol. The Bertz CT molecular complexity index is 1450. The van der Waals surface area contributed by atoms with Gasteiger partial charge in [0.05, 0.1) is 41.6 Å². The fraction of sp³-hybridized carbons (Fsp3) is 0.120. The summed E-state index contributed by atoms with van der Waals surface area (Å²) in [4.78, 5) is 28.1. The number of carbonyl (C=O) groups is 2. The van der Waals surface area contributed by atoms with Gasteiger partial charge in [-0.05, 0) is 42.0 Å². The number of aliphatic hydroxyl groups excluding tert-OH is 1. The highest BCUT2D eigenvalue weighted by Crippen LogP contribution is 2.42. The fourth-order valence-electron chi connectivity index (χ4n) is 4.09. The summed E-state index contributed by atoms with van der Waals surface area (Å²) in [6.07, 6.45) is 1.48. The van der Waals surface area contributed by atoms with E-state index in [9.17, 15) is 14.7 Å². The van der Waals surface area contributed by atoms with Gasteiger partial charge in [0.2, 0.25) is 5.78 Å². The summed E-state index contributed by atoms with van der Waals surface area (Å²) in [6, 6.07) is 14.0. The van der Waals surface area contributed by atoms with Gasteiger partial charge < -0.3 is 23.6 Å². The summed E-state index contributed by atoms with van der Waals surface area (Å²) in [5, 5.41) is 12.0. The van der Waals surface area contributed by atoms with Crippen LogP contribution in [0.2, 0.25) is 10.0 Å². The van der Waals surface area contributed by atoms with Gasteiger partial charge in [-0.3, -0.25) is 9.59 Å². The molecule has 0 radical (unpaired) electrons. The Kier molecular flexibility index (Phi) is 5.59. The molecule has 2 aromatic carbocycles. The molecule has 0 aliphatic carbocycles. The molecule has 3 heterocycles. The van der Waals surface area contributed by atoms with Crippen LogP contribution < -0.4 is 4.74 Å². The average Bonchev–Trinajstić information content (AvgIpc) is 3.56. The van der Waals surface area contributed by atoms with Gasteiger partial charge in [0.15, 0.2) is 22.9 Å². The van der Waals surface area contributed by atoms with Crippen molar-refractivity contribution in [3.63, 3.8) is 0 Å². The van der Waals surface area contributed by atoms with Crippen molar-refractivity contribution in [2.45, 2.75) is 12.6 Å². The van der Waals surface area contributed by atoms with Crippen LogP contribution in [0, 0.1) is 0 Å². The molecule has 1 N–H and O–H groups in total. The Morgan fingerprint density at radius 3 is 2.65 bits per heavy atom. The number of methoxy groups -OCH3 is 1. The summed E-state index contributed by atoms with van der Waals surface area (Å²) in [5.74, 6) is -1.13. The smallest absolute Gasteiger partial charge is 0.290 e. The summed E-state index contributed by atoms with van der Waals surface area (Å²) in [7, 11) is 1.50. The molecular formula is C25H17Cl2NO6. The number of para-hydroxylation sites is 1. The Morgan fingerprint density at radius 2 is 1.94 bits per heavy atom. The molecule has 1 aliphatic rings. The molecular weight excluding hydrogens is 481 g/mol. The minimum atomic E-state index is -0.949. The van der Waals surface area contributed by atoms with E-state index < -0.39 is 23.5 Å². The van der Waals surface area contributed by atoms with Crippen molar-refractivity contribution in [2.24, 2.45) is 0 Å². The molecule has 4 aromatic rings. The molecule has 7 nitrogen and oxygen atoms in total. The molecule has 0 fully saturated rings. The summed E-state index contributed by atoms with van der Waals surface area (Å²) < 4.78 is 16.5. The number of nitrogens with zero attached hydrogens (tertiary/aromatic N) is 1. The quantitative estimate of drug-likeness (QED) is 0.322. The van der Waals surface area contributed by atoms with E-state index in [4.69, 9.17) is 36.8 Å². The van der Waals surface area contributed by atoms with Crippen LogP contribution in [-0.4, -0.2) is 28.8 Å². The van der Waals surface area contributed by atoms with Crippen LogP contribution in [-0.2, 0) is 11.3 Å². The molecule has 5 rings (SSSR count). The maximum absolute atomic E-state index is 13.6. The minimum absolute atomic E-state index is 0.0194. The van der Waals surface area contributed by atoms with E-state index in [2.05, 4.69) is 0 Å². The predicted octanol–water partition coefficient (Wildman–Crippen LogP) is 6.12. The molecule has 1 atom stereocenters. The van der Waals surface area contributed by atoms with Crippen LogP contribution in [0.15, 0.2) is 81.0 Å². The number of benzene rings is 2. The highest BCUT2D eigenvalue weighted by Gasteiger charge is 2.45. The number of amides is 1. The van der Waals surface area contributed by atoms with Crippen LogP contribution in [0.4, 0.5) is 0 Å². The highest BCUT2D eigenvalue weighted by atomic mass is 35.5. The second kappa shape index (κ2) is 8.59. The van der Waals surface area contributed by atoms with Gasteiger partial charge >= 0.3 is 0 Å². The van der Waals surface area contributed by atoms with Crippen LogP contribution in [0.25, 0.3) is 11.0 Å². The molecule has 1 aliphatic heterocycles. The first-order valence-electron chi connectivity index (χ1n) is 10.2. The Morgan fingerprint density at radius 1 is 1.12 bits per heavy atom. The first-order valence-corrected chi connectivity index (χ1v) is 11.0. The van der Waals surface area contributed by atoms with Gasteiger partial charge in [-0.2, -0.15) is 0 Å². The van der Waals surface area contributed by atoms with Crippen molar-refractivity contribution in [3.8, 4) is 5.75 Å². The molecule has 1 unspecified atom stereocenters. The van der Waals surface area contributed by atoms with Crippen molar-refractivity contribution in [1.82, 2.24) is 4.90 Å². The number of Topliss-reactive ketones (excluding diaryl/α,β-unsaturated/α-hetero) is 1. The molecule has 9 heteroatoms. The summed E-state index contributed by atoms with van der Waals surface area (Å²) >= 11 is 12.3. The lowest BCUT2D eigenvalue weighted by molar-refractivity contribution is -0.130. The third kappa shape index (κ3) is 3.63. The molecule has 1 amide bonds. The zero-order valence-corrected chi connectivity index (χ0v) is 19.3. The summed E-state index contributed by atoms with van der Waals surface area (Å²) in [5.41, 5.74) is 0.750. The predicted molar refractivity (Wildman–Crippen MR) is 125 cm³/mol. The largest absolute Gasteiger partial charge is 0.503 e.